The number of carbonyl (C=O) groups is 1. The number of nitrogen functional groups attached to an aromatic ring is 1. The van der Waals surface area contributed by atoms with Crippen LogP contribution in [0.25, 0.3) is 10.1 Å². The van der Waals surface area contributed by atoms with Crippen LogP contribution in [0.1, 0.15) is 26.7 Å². The fraction of sp³-hybridized carbons (Fsp3) is 0.100. The van der Waals surface area contributed by atoms with Crippen LogP contribution >= 0.6 is 22.9 Å². The Morgan fingerprint density at radius 2 is 2.10 bits per heavy atom. The molecule has 2 aromatic heterocycles. The zero-order valence-corrected chi connectivity index (χ0v) is 16.9. The van der Waals surface area contributed by atoms with Crippen molar-refractivity contribution in [3.63, 3.8) is 0 Å². The van der Waals surface area contributed by atoms with Crippen molar-refractivity contribution in [3.05, 3.63) is 75.2 Å². The van der Waals surface area contributed by atoms with E-state index in [4.69, 9.17) is 27.0 Å². The van der Waals surface area contributed by atoms with E-state index in [1.807, 2.05) is 12.1 Å². The van der Waals surface area contributed by atoms with Gasteiger partial charge >= 0.3 is 6.01 Å². The zero-order valence-electron chi connectivity index (χ0n) is 15.3. The van der Waals surface area contributed by atoms with Crippen LogP contribution in [0.4, 0.5) is 10.4 Å². The number of amides is 1. The largest absolute Gasteiger partial charge is 0.406 e. The van der Waals surface area contributed by atoms with E-state index in [2.05, 4.69) is 10.2 Å². The summed E-state index contributed by atoms with van der Waals surface area (Å²) in [5.41, 5.74) is 5.91. The van der Waals surface area contributed by atoms with Crippen molar-refractivity contribution in [2.75, 3.05) is 5.73 Å². The molecule has 0 fully saturated rings. The highest BCUT2D eigenvalue weighted by molar-refractivity contribution is 7.21. The lowest BCUT2D eigenvalue weighted by Crippen LogP contribution is -2.30. The summed E-state index contributed by atoms with van der Waals surface area (Å²) >= 11 is 7.47. The van der Waals surface area contributed by atoms with Gasteiger partial charge in [-0.3, -0.25) is 4.79 Å². The lowest BCUT2D eigenvalue weighted by atomic mass is 10.1. The highest BCUT2D eigenvalue weighted by Gasteiger charge is 2.23. The summed E-state index contributed by atoms with van der Waals surface area (Å²) in [6.07, 6.45) is 0. The molecule has 10 heteroatoms. The molecule has 2 heterocycles. The molecule has 30 heavy (non-hydrogen) atoms. The van der Waals surface area contributed by atoms with Crippen molar-refractivity contribution < 1.29 is 13.6 Å². The van der Waals surface area contributed by atoms with Crippen LogP contribution in [-0.4, -0.2) is 21.0 Å². The van der Waals surface area contributed by atoms with Crippen LogP contribution in [0.2, 0.25) is 5.02 Å². The van der Waals surface area contributed by atoms with Crippen molar-refractivity contribution in [1.82, 2.24) is 15.1 Å². The van der Waals surface area contributed by atoms with Gasteiger partial charge in [0.1, 0.15) is 5.82 Å². The summed E-state index contributed by atoms with van der Waals surface area (Å²) in [6.45, 7) is -0.134. The van der Waals surface area contributed by atoms with Gasteiger partial charge in [0, 0.05) is 12.1 Å². The molecule has 0 saturated heterocycles. The average Bonchev–Trinajstić information content (AvgIpc) is 3.35. The molecule has 0 saturated carbocycles. The van der Waals surface area contributed by atoms with Crippen molar-refractivity contribution in [1.29, 1.82) is 5.26 Å². The Hall–Kier alpha value is -3.48. The van der Waals surface area contributed by atoms with E-state index in [9.17, 15) is 9.18 Å². The van der Waals surface area contributed by atoms with Crippen LogP contribution in [-0.2, 0) is 13.1 Å². The number of fused-ring (bicyclic) bond motifs is 1. The first-order valence-corrected chi connectivity index (χ1v) is 9.88. The lowest BCUT2D eigenvalue weighted by molar-refractivity contribution is 0.0718. The number of halogens is 2. The molecule has 0 atom stereocenters. The molecule has 1 amide bonds. The van der Waals surface area contributed by atoms with Gasteiger partial charge in [-0.1, -0.05) is 34.9 Å². The van der Waals surface area contributed by atoms with E-state index in [1.165, 1.54) is 28.4 Å². The highest BCUT2D eigenvalue weighted by atomic mass is 35.5. The molecule has 4 aromatic rings. The van der Waals surface area contributed by atoms with Crippen molar-refractivity contribution in [3.8, 4) is 6.07 Å². The number of benzene rings is 2. The fourth-order valence-electron chi connectivity index (χ4n) is 2.93. The molecule has 0 radical (unpaired) electrons. The number of anilines is 1. The quantitative estimate of drug-likeness (QED) is 0.492. The van der Waals surface area contributed by atoms with E-state index in [-0.39, 0.29) is 42.0 Å². The van der Waals surface area contributed by atoms with E-state index in [1.54, 1.807) is 18.2 Å². The minimum atomic E-state index is -0.587. The number of nitrogens with two attached hydrogens (primary N) is 1. The molecule has 0 unspecified atom stereocenters. The first-order valence-electron chi connectivity index (χ1n) is 8.68. The van der Waals surface area contributed by atoms with Crippen molar-refractivity contribution >= 4 is 44.9 Å². The Morgan fingerprint density at radius 3 is 2.77 bits per heavy atom. The van der Waals surface area contributed by atoms with Gasteiger partial charge in [-0.15, -0.1) is 16.4 Å². The summed E-state index contributed by atoms with van der Waals surface area (Å²) in [5.74, 6) is -0.821. The monoisotopic (exact) mass is 441 g/mol. The second-order valence-electron chi connectivity index (χ2n) is 6.38. The molecule has 0 bridgehead atoms. The minimum Gasteiger partial charge on any atom is -0.406 e. The number of rotatable bonds is 5. The Labute approximate surface area is 179 Å². The maximum atomic E-state index is 14.5. The zero-order chi connectivity index (χ0) is 21.3. The number of carbonyl (C=O) groups excluding carboxylic acids is 1. The van der Waals surface area contributed by atoms with Gasteiger partial charge in [-0.25, -0.2) is 4.39 Å². The second kappa shape index (κ2) is 8.10. The van der Waals surface area contributed by atoms with Gasteiger partial charge in [-0.05, 0) is 29.7 Å². The van der Waals surface area contributed by atoms with Gasteiger partial charge in [0.15, 0.2) is 0 Å². The number of hydrogen-bond acceptors (Lipinski definition) is 7. The summed E-state index contributed by atoms with van der Waals surface area (Å²) in [5, 5.41) is 17.7. The number of nitriles is 1. The molecular formula is C20H13ClFN5O2S. The molecule has 0 spiro atoms. The van der Waals surface area contributed by atoms with Gasteiger partial charge in [0.25, 0.3) is 5.91 Å². The second-order valence-corrected chi connectivity index (χ2v) is 7.84. The van der Waals surface area contributed by atoms with Crippen LogP contribution < -0.4 is 5.73 Å². The van der Waals surface area contributed by atoms with E-state index < -0.39 is 5.82 Å². The van der Waals surface area contributed by atoms with Gasteiger partial charge in [0.2, 0.25) is 5.89 Å². The fourth-order valence-corrected chi connectivity index (χ4v) is 4.26. The van der Waals surface area contributed by atoms with Crippen LogP contribution in [0.5, 0.6) is 0 Å². The van der Waals surface area contributed by atoms with Crippen molar-refractivity contribution in [2.45, 2.75) is 13.1 Å². The Bertz CT molecular complexity index is 1300. The first kappa shape index (κ1) is 19.8. The summed E-state index contributed by atoms with van der Waals surface area (Å²) < 4.78 is 20.4. The normalized spacial score (nSPS) is 10.8. The molecular weight excluding hydrogens is 429 g/mol. The summed E-state index contributed by atoms with van der Waals surface area (Å²) in [4.78, 5) is 15.1. The predicted molar refractivity (Wildman–Crippen MR) is 110 cm³/mol. The predicted octanol–water partition coefficient (Wildman–Crippen LogP) is 4.37. The van der Waals surface area contributed by atoms with E-state index >= 15 is 0 Å². The van der Waals surface area contributed by atoms with Crippen molar-refractivity contribution in [2.24, 2.45) is 0 Å². The summed E-state index contributed by atoms with van der Waals surface area (Å²) in [6, 6.07) is 13.0. The lowest BCUT2D eigenvalue weighted by Gasteiger charge is -2.21. The maximum absolute atomic E-state index is 14.5. The molecule has 2 aromatic carbocycles. The average molecular weight is 442 g/mol. The molecule has 2 N–H and O–H groups in total. The van der Waals surface area contributed by atoms with Gasteiger partial charge < -0.3 is 15.1 Å². The van der Waals surface area contributed by atoms with Gasteiger partial charge in [0.05, 0.1) is 32.8 Å². The van der Waals surface area contributed by atoms with Crippen LogP contribution in [0, 0.1) is 17.1 Å². The van der Waals surface area contributed by atoms with Gasteiger partial charge in [-0.2, -0.15) is 5.26 Å². The maximum Gasteiger partial charge on any atom is 0.312 e. The third-order valence-corrected chi connectivity index (χ3v) is 5.95. The minimum absolute atomic E-state index is 0.0650. The standard InChI is InChI=1S/C20H13ClFN5O2S/c21-14-3-1-2-12-7-16(30-18(12)14)19(28)27(10-17-25-26-20(24)29-17)9-13-5-4-11(8-23)6-15(13)22/h1-7H,9-10H2,(H2,24,26). The molecule has 0 aliphatic heterocycles. The Balaban J connectivity index is 1.69. The number of hydrogen-bond donors (Lipinski definition) is 1. The number of aromatic nitrogens is 2. The van der Waals surface area contributed by atoms with Crippen LogP contribution in [0.15, 0.2) is 46.9 Å². The smallest absolute Gasteiger partial charge is 0.312 e. The molecule has 150 valence electrons. The number of thiophene rings is 1. The Kier molecular flexibility index (Phi) is 5.35. The van der Waals surface area contributed by atoms with Crippen LogP contribution in [0.3, 0.4) is 0 Å². The molecule has 4 rings (SSSR count). The SMILES string of the molecule is N#Cc1ccc(CN(Cc2nnc(N)o2)C(=O)c2cc3cccc(Cl)c3s2)c(F)c1. The van der Waals surface area contributed by atoms with E-state index in [0.717, 1.165) is 16.2 Å². The third kappa shape index (κ3) is 3.96. The summed E-state index contributed by atoms with van der Waals surface area (Å²) in [7, 11) is 0. The first-order chi connectivity index (χ1) is 14.4. The Morgan fingerprint density at radius 1 is 1.27 bits per heavy atom. The topological polar surface area (TPSA) is 109 Å². The van der Waals surface area contributed by atoms with E-state index in [0.29, 0.717) is 9.90 Å². The third-order valence-electron chi connectivity index (χ3n) is 4.35. The molecule has 0 aliphatic carbocycles. The number of nitrogens with zero attached hydrogens (tertiary/aromatic N) is 4. The highest BCUT2D eigenvalue weighted by Crippen LogP contribution is 2.33. The molecule has 7 nitrogen and oxygen atoms in total. The molecule has 0 aliphatic rings.